The minimum Gasteiger partial charge on any atom is -0.496 e. The fraction of sp³-hybridized carbons (Fsp3) is 0.100. The Balaban J connectivity index is 2.30. The predicted molar refractivity (Wildman–Crippen MR) is 98.2 cm³/mol. The molecule has 0 atom stereocenters. The predicted octanol–water partition coefficient (Wildman–Crippen LogP) is 5.02. The number of nitriles is 1. The summed E-state index contributed by atoms with van der Waals surface area (Å²) >= 11 is 1.48. The van der Waals surface area contributed by atoms with Crippen molar-refractivity contribution < 1.29 is 4.74 Å². The Kier molecular flexibility index (Phi) is 4.83. The molecule has 0 saturated carbocycles. The summed E-state index contributed by atoms with van der Waals surface area (Å²) in [4.78, 5) is 4.67. The second kappa shape index (κ2) is 7.20. The number of benzene rings is 2. The van der Waals surface area contributed by atoms with Crippen molar-refractivity contribution in [3.05, 3.63) is 66.2 Å². The van der Waals surface area contributed by atoms with Gasteiger partial charge in [0.15, 0.2) is 0 Å². The molecule has 24 heavy (non-hydrogen) atoms. The van der Waals surface area contributed by atoms with Gasteiger partial charge in [0.1, 0.15) is 16.8 Å². The molecule has 0 bridgehead atoms. The number of methoxy groups -OCH3 is 1. The Morgan fingerprint density at radius 1 is 1.00 bits per heavy atom. The van der Waals surface area contributed by atoms with Crippen LogP contribution in [0.2, 0.25) is 0 Å². The maximum Gasteiger partial charge on any atom is 0.126 e. The molecule has 1 heterocycles. The van der Waals surface area contributed by atoms with Crippen LogP contribution in [0.25, 0.3) is 22.4 Å². The Morgan fingerprint density at radius 2 is 1.71 bits per heavy atom. The van der Waals surface area contributed by atoms with E-state index in [1.807, 2.05) is 66.9 Å². The molecule has 2 aromatic carbocycles. The molecule has 3 rings (SSSR count). The minimum absolute atomic E-state index is 0.576. The van der Waals surface area contributed by atoms with Crippen LogP contribution >= 0.6 is 11.8 Å². The van der Waals surface area contributed by atoms with Gasteiger partial charge in [0.2, 0.25) is 0 Å². The third-order valence-electron chi connectivity index (χ3n) is 3.76. The summed E-state index contributed by atoms with van der Waals surface area (Å²) < 4.78 is 5.48. The number of hydrogen-bond donors (Lipinski definition) is 0. The molecule has 3 nitrogen and oxygen atoms in total. The number of thioether (sulfide) groups is 1. The van der Waals surface area contributed by atoms with Gasteiger partial charge in [0.25, 0.3) is 0 Å². The first-order chi connectivity index (χ1) is 11.8. The molecule has 0 spiro atoms. The van der Waals surface area contributed by atoms with Gasteiger partial charge in [-0.1, -0.05) is 48.5 Å². The molecule has 1 aromatic heterocycles. The Hall–Kier alpha value is -2.77. The van der Waals surface area contributed by atoms with E-state index in [0.29, 0.717) is 5.56 Å². The van der Waals surface area contributed by atoms with E-state index in [1.54, 1.807) is 7.11 Å². The van der Waals surface area contributed by atoms with E-state index in [1.165, 1.54) is 11.8 Å². The fourth-order valence-corrected chi connectivity index (χ4v) is 3.16. The van der Waals surface area contributed by atoms with Crippen LogP contribution in [0, 0.1) is 11.3 Å². The zero-order valence-electron chi connectivity index (χ0n) is 13.5. The zero-order chi connectivity index (χ0) is 16.9. The van der Waals surface area contributed by atoms with E-state index in [9.17, 15) is 5.26 Å². The number of para-hydroxylation sites is 1. The van der Waals surface area contributed by atoms with Crippen molar-refractivity contribution in [1.82, 2.24) is 4.98 Å². The van der Waals surface area contributed by atoms with Crippen molar-refractivity contribution in [3.8, 4) is 34.2 Å². The number of pyridine rings is 1. The van der Waals surface area contributed by atoms with Gasteiger partial charge in [-0.05, 0) is 18.4 Å². The molecule has 0 saturated heterocycles. The molecular formula is C20H16N2OS. The van der Waals surface area contributed by atoms with E-state index >= 15 is 0 Å². The zero-order valence-corrected chi connectivity index (χ0v) is 14.3. The lowest BCUT2D eigenvalue weighted by Gasteiger charge is -2.14. The monoisotopic (exact) mass is 332 g/mol. The topological polar surface area (TPSA) is 45.9 Å². The molecule has 0 aliphatic rings. The number of hydrogen-bond acceptors (Lipinski definition) is 4. The minimum atomic E-state index is 0.576. The van der Waals surface area contributed by atoms with Crippen LogP contribution < -0.4 is 4.74 Å². The first kappa shape index (κ1) is 16.1. The quantitative estimate of drug-likeness (QED) is 0.630. The number of nitrogens with zero attached hydrogens (tertiary/aromatic N) is 2. The van der Waals surface area contributed by atoms with Crippen molar-refractivity contribution in [3.63, 3.8) is 0 Å². The molecule has 0 unspecified atom stereocenters. The third kappa shape index (κ3) is 2.99. The molecule has 0 aliphatic heterocycles. The van der Waals surface area contributed by atoms with Gasteiger partial charge in [-0.2, -0.15) is 5.26 Å². The third-order valence-corrected chi connectivity index (χ3v) is 4.44. The lowest BCUT2D eigenvalue weighted by atomic mass is 9.98. The van der Waals surface area contributed by atoms with Crippen LogP contribution in [0.3, 0.4) is 0 Å². The van der Waals surface area contributed by atoms with Gasteiger partial charge in [-0.25, -0.2) is 4.98 Å². The molecule has 0 amide bonds. The lowest BCUT2D eigenvalue weighted by Crippen LogP contribution is -1.96. The van der Waals surface area contributed by atoms with Gasteiger partial charge in [-0.3, -0.25) is 0 Å². The van der Waals surface area contributed by atoms with Gasteiger partial charge < -0.3 is 4.74 Å². The Morgan fingerprint density at radius 3 is 2.38 bits per heavy atom. The highest BCUT2D eigenvalue weighted by Gasteiger charge is 2.17. The van der Waals surface area contributed by atoms with Crippen LogP contribution in [-0.2, 0) is 0 Å². The summed E-state index contributed by atoms with van der Waals surface area (Å²) in [5, 5.41) is 10.4. The highest BCUT2D eigenvalue weighted by atomic mass is 32.2. The van der Waals surface area contributed by atoms with Crippen LogP contribution in [-0.4, -0.2) is 18.3 Å². The van der Waals surface area contributed by atoms with Gasteiger partial charge in [0, 0.05) is 16.7 Å². The summed E-state index contributed by atoms with van der Waals surface area (Å²) in [6.45, 7) is 0. The summed E-state index contributed by atoms with van der Waals surface area (Å²) in [5.41, 5.74) is 4.18. The maximum atomic E-state index is 9.67. The maximum absolute atomic E-state index is 9.67. The van der Waals surface area contributed by atoms with E-state index in [2.05, 4.69) is 11.1 Å². The summed E-state index contributed by atoms with van der Waals surface area (Å²) in [7, 11) is 1.64. The molecule has 0 radical (unpaired) electrons. The SMILES string of the molecule is COc1ccccc1-c1cc(-c2ccccc2)nc(SC)c1C#N. The molecule has 3 aromatic rings. The second-order valence-electron chi connectivity index (χ2n) is 5.12. The van der Waals surface area contributed by atoms with Crippen LogP contribution in [0.4, 0.5) is 0 Å². The Bertz CT molecular complexity index is 901. The molecule has 4 heteroatoms. The molecule has 0 aliphatic carbocycles. The first-order valence-electron chi connectivity index (χ1n) is 7.46. The highest BCUT2D eigenvalue weighted by Crippen LogP contribution is 2.37. The van der Waals surface area contributed by atoms with Crippen molar-refractivity contribution >= 4 is 11.8 Å². The number of rotatable bonds is 4. The van der Waals surface area contributed by atoms with Gasteiger partial charge >= 0.3 is 0 Å². The van der Waals surface area contributed by atoms with Crippen molar-refractivity contribution in [2.24, 2.45) is 0 Å². The number of aromatic nitrogens is 1. The summed E-state index contributed by atoms with van der Waals surface area (Å²) in [5.74, 6) is 0.742. The van der Waals surface area contributed by atoms with Gasteiger partial charge in [-0.15, -0.1) is 11.8 Å². The average Bonchev–Trinajstić information content (AvgIpc) is 2.67. The van der Waals surface area contributed by atoms with E-state index in [4.69, 9.17) is 4.74 Å². The molecule has 0 N–H and O–H groups in total. The van der Waals surface area contributed by atoms with E-state index in [0.717, 1.165) is 33.2 Å². The highest BCUT2D eigenvalue weighted by molar-refractivity contribution is 7.98. The fourth-order valence-electron chi connectivity index (χ4n) is 2.61. The smallest absolute Gasteiger partial charge is 0.126 e. The largest absolute Gasteiger partial charge is 0.496 e. The van der Waals surface area contributed by atoms with Crippen LogP contribution in [0.1, 0.15) is 5.56 Å². The van der Waals surface area contributed by atoms with E-state index in [-0.39, 0.29) is 0 Å². The van der Waals surface area contributed by atoms with Crippen LogP contribution in [0.5, 0.6) is 5.75 Å². The van der Waals surface area contributed by atoms with Crippen molar-refractivity contribution in [2.75, 3.05) is 13.4 Å². The van der Waals surface area contributed by atoms with E-state index < -0.39 is 0 Å². The standard InChI is InChI=1S/C20H16N2OS/c1-23-19-11-7-6-10-15(19)16-12-18(14-8-4-3-5-9-14)22-20(24-2)17(16)13-21/h3-12H,1-2H3. The molecule has 0 fully saturated rings. The Labute approximate surface area is 145 Å². The second-order valence-corrected chi connectivity index (χ2v) is 5.91. The molecular weight excluding hydrogens is 316 g/mol. The number of ether oxygens (including phenoxy) is 1. The normalized spacial score (nSPS) is 10.2. The average molecular weight is 332 g/mol. The van der Waals surface area contributed by atoms with Crippen molar-refractivity contribution in [2.45, 2.75) is 5.03 Å². The first-order valence-corrected chi connectivity index (χ1v) is 8.69. The van der Waals surface area contributed by atoms with Gasteiger partial charge in [0.05, 0.1) is 18.4 Å². The van der Waals surface area contributed by atoms with Crippen LogP contribution in [0.15, 0.2) is 65.7 Å². The summed E-state index contributed by atoms with van der Waals surface area (Å²) in [6.07, 6.45) is 1.93. The summed E-state index contributed by atoms with van der Waals surface area (Å²) in [6, 6.07) is 22.0. The lowest BCUT2D eigenvalue weighted by molar-refractivity contribution is 0.416. The molecule has 118 valence electrons. The van der Waals surface area contributed by atoms with Crippen molar-refractivity contribution in [1.29, 1.82) is 5.26 Å².